The third kappa shape index (κ3) is 3.32. The summed E-state index contributed by atoms with van der Waals surface area (Å²) in [4.78, 5) is 24.2. The molecule has 9 heteroatoms. The van der Waals surface area contributed by atoms with Gasteiger partial charge in [0.25, 0.3) is 5.56 Å². The summed E-state index contributed by atoms with van der Waals surface area (Å²) in [7, 11) is 0. The van der Waals surface area contributed by atoms with E-state index >= 15 is 0 Å². The number of carboxylic acids is 1. The molecule has 2 aromatic rings. The van der Waals surface area contributed by atoms with Crippen LogP contribution in [0.2, 0.25) is 0 Å². The molecular formula is C19H17F4NO3S. The van der Waals surface area contributed by atoms with Crippen LogP contribution in [0.25, 0.3) is 0 Å². The van der Waals surface area contributed by atoms with E-state index in [2.05, 4.69) is 0 Å². The molecule has 1 aromatic heterocycles. The maximum Gasteiger partial charge on any atom is 0.416 e. The lowest BCUT2D eigenvalue weighted by Gasteiger charge is -2.22. The van der Waals surface area contributed by atoms with Crippen LogP contribution in [0.1, 0.15) is 42.1 Å². The lowest BCUT2D eigenvalue weighted by Crippen LogP contribution is -2.36. The first-order valence-corrected chi connectivity index (χ1v) is 9.17. The third-order valence-corrected chi connectivity index (χ3v) is 6.20. The Kier molecular flexibility index (Phi) is 4.85. The van der Waals surface area contributed by atoms with Crippen molar-refractivity contribution in [1.82, 2.24) is 4.57 Å². The monoisotopic (exact) mass is 415 g/mol. The zero-order valence-electron chi connectivity index (χ0n) is 15.2. The summed E-state index contributed by atoms with van der Waals surface area (Å²) < 4.78 is 54.6. The van der Waals surface area contributed by atoms with Crippen molar-refractivity contribution in [1.29, 1.82) is 0 Å². The molecule has 1 atom stereocenters. The maximum absolute atomic E-state index is 14.3. The number of rotatable bonds is 3. The van der Waals surface area contributed by atoms with E-state index in [1.54, 1.807) is 20.8 Å². The van der Waals surface area contributed by atoms with E-state index in [1.165, 1.54) is 6.07 Å². The first-order chi connectivity index (χ1) is 12.8. The number of hydrogen-bond acceptors (Lipinski definition) is 3. The molecule has 0 saturated heterocycles. The van der Waals surface area contributed by atoms with E-state index in [4.69, 9.17) is 0 Å². The summed E-state index contributed by atoms with van der Waals surface area (Å²) >= 11 is 1.10. The van der Waals surface area contributed by atoms with Crippen LogP contribution in [0.3, 0.4) is 0 Å². The summed E-state index contributed by atoms with van der Waals surface area (Å²) in [5.74, 6) is -2.22. The zero-order chi connectivity index (χ0) is 21.0. The predicted molar refractivity (Wildman–Crippen MR) is 96.3 cm³/mol. The van der Waals surface area contributed by atoms with Crippen molar-refractivity contribution in [3.05, 3.63) is 62.7 Å². The van der Waals surface area contributed by atoms with Gasteiger partial charge in [-0.2, -0.15) is 13.2 Å². The lowest BCUT2D eigenvalue weighted by molar-refractivity contribution is -0.141. The zero-order valence-corrected chi connectivity index (χ0v) is 16.0. The minimum Gasteiger partial charge on any atom is -0.480 e. The van der Waals surface area contributed by atoms with Crippen molar-refractivity contribution in [3.63, 3.8) is 0 Å². The minimum absolute atomic E-state index is 0.263. The van der Waals surface area contributed by atoms with Crippen LogP contribution in [-0.4, -0.2) is 20.4 Å². The number of aliphatic carboxylic acids is 1. The molecule has 1 aliphatic rings. The quantitative estimate of drug-likeness (QED) is 0.755. The van der Waals surface area contributed by atoms with E-state index in [0.717, 1.165) is 34.5 Å². The fourth-order valence-corrected chi connectivity index (χ4v) is 5.00. The van der Waals surface area contributed by atoms with Gasteiger partial charge in [-0.1, -0.05) is 17.8 Å². The minimum atomic E-state index is -4.74. The summed E-state index contributed by atoms with van der Waals surface area (Å²) in [5, 5.41) is 9.85. The highest BCUT2D eigenvalue weighted by Gasteiger charge is 2.46. The lowest BCUT2D eigenvalue weighted by atomic mass is 9.96. The maximum atomic E-state index is 14.3. The largest absolute Gasteiger partial charge is 0.480 e. The summed E-state index contributed by atoms with van der Waals surface area (Å²) in [6.07, 6.45) is -5.14. The van der Waals surface area contributed by atoms with Gasteiger partial charge in [-0.3, -0.25) is 9.36 Å². The van der Waals surface area contributed by atoms with Gasteiger partial charge in [0.1, 0.15) is 11.9 Å². The second kappa shape index (κ2) is 6.65. The first-order valence-electron chi connectivity index (χ1n) is 8.36. The number of halogens is 4. The number of pyridine rings is 1. The van der Waals surface area contributed by atoms with Gasteiger partial charge in [-0.05, 0) is 44.0 Å². The van der Waals surface area contributed by atoms with Crippen LogP contribution in [0.4, 0.5) is 17.6 Å². The number of fused-ring (bicyclic) bond motifs is 1. The van der Waals surface area contributed by atoms with Gasteiger partial charge < -0.3 is 5.11 Å². The molecule has 28 heavy (non-hydrogen) atoms. The van der Waals surface area contributed by atoms with Gasteiger partial charge >= 0.3 is 12.1 Å². The van der Waals surface area contributed by atoms with Crippen LogP contribution in [0.15, 0.2) is 34.1 Å². The Balaban J connectivity index is 2.24. The van der Waals surface area contributed by atoms with Crippen molar-refractivity contribution in [2.75, 3.05) is 0 Å². The fraction of sp³-hybridized carbons (Fsp3) is 0.368. The number of thioether (sulfide) groups is 1. The average Bonchev–Trinajstić information content (AvgIpc) is 2.83. The van der Waals surface area contributed by atoms with Crippen LogP contribution in [-0.2, 0) is 17.4 Å². The topological polar surface area (TPSA) is 59.3 Å². The van der Waals surface area contributed by atoms with E-state index < -0.39 is 51.9 Å². The standard InChI is InChI=1S/C19H17F4NO3S/c1-9-7-14(25)24-15(17(26)27)18(2,3)28-16(24)10(9)8-11-12(19(21,22)23)5-4-6-13(11)20/h4-7,15H,8H2,1-3H3,(H,26,27). The predicted octanol–water partition coefficient (Wildman–Crippen LogP) is 4.42. The van der Waals surface area contributed by atoms with Crippen LogP contribution >= 0.6 is 11.8 Å². The van der Waals surface area contributed by atoms with Gasteiger partial charge in [0.2, 0.25) is 0 Å². The number of nitrogens with zero attached hydrogens (tertiary/aromatic N) is 1. The highest BCUT2D eigenvalue weighted by atomic mass is 32.2. The SMILES string of the molecule is Cc1cc(=O)n2c(c1Cc1c(F)cccc1C(F)(F)F)SC(C)(C)C2C(=O)O. The van der Waals surface area contributed by atoms with Crippen molar-refractivity contribution < 1.29 is 27.5 Å². The van der Waals surface area contributed by atoms with Gasteiger partial charge in [0.15, 0.2) is 0 Å². The van der Waals surface area contributed by atoms with Crippen molar-refractivity contribution >= 4 is 17.7 Å². The Morgan fingerprint density at radius 2 is 1.93 bits per heavy atom. The smallest absolute Gasteiger partial charge is 0.416 e. The van der Waals surface area contributed by atoms with E-state index in [0.29, 0.717) is 11.1 Å². The molecular weight excluding hydrogens is 398 g/mol. The Hall–Kier alpha value is -2.29. The molecule has 0 amide bonds. The molecule has 0 saturated carbocycles. The molecule has 0 spiro atoms. The number of alkyl halides is 3. The molecule has 0 aliphatic carbocycles. The highest BCUT2D eigenvalue weighted by molar-refractivity contribution is 8.00. The Labute approximate surface area is 162 Å². The molecule has 2 heterocycles. The van der Waals surface area contributed by atoms with E-state index in [-0.39, 0.29) is 5.03 Å². The number of aromatic nitrogens is 1. The summed E-state index contributed by atoms with van der Waals surface area (Å²) in [6, 6.07) is 2.76. The van der Waals surface area contributed by atoms with Gasteiger partial charge in [0, 0.05) is 22.8 Å². The fourth-order valence-electron chi connectivity index (χ4n) is 3.53. The molecule has 3 rings (SSSR count). The number of benzene rings is 1. The summed E-state index contributed by atoms with van der Waals surface area (Å²) in [6.45, 7) is 4.84. The second-order valence-electron chi connectivity index (χ2n) is 7.21. The van der Waals surface area contributed by atoms with Crippen molar-refractivity contribution in [2.24, 2.45) is 0 Å². The van der Waals surface area contributed by atoms with Crippen molar-refractivity contribution in [3.8, 4) is 0 Å². The van der Waals surface area contributed by atoms with E-state index in [9.17, 15) is 32.3 Å². The van der Waals surface area contributed by atoms with Crippen molar-refractivity contribution in [2.45, 2.75) is 49.2 Å². The molecule has 1 aromatic carbocycles. The Bertz CT molecular complexity index is 1030. The van der Waals surface area contributed by atoms with Crippen LogP contribution < -0.4 is 5.56 Å². The molecule has 1 unspecified atom stereocenters. The van der Waals surface area contributed by atoms with Crippen LogP contribution in [0, 0.1) is 12.7 Å². The molecule has 1 aliphatic heterocycles. The third-order valence-electron chi connectivity index (χ3n) is 4.82. The van der Waals surface area contributed by atoms with Crippen LogP contribution in [0.5, 0.6) is 0 Å². The highest BCUT2D eigenvalue weighted by Crippen LogP contribution is 2.50. The second-order valence-corrected chi connectivity index (χ2v) is 8.85. The Morgan fingerprint density at radius 1 is 1.29 bits per heavy atom. The van der Waals surface area contributed by atoms with E-state index in [1.807, 2.05) is 0 Å². The number of hydrogen-bond donors (Lipinski definition) is 1. The summed E-state index contributed by atoms with van der Waals surface area (Å²) in [5.41, 5.74) is -1.46. The Morgan fingerprint density at radius 3 is 2.50 bits per heavy atom. The number of aryl methyl sites for hydroxylation is 1. The van der Waals surface area contributed by atoms with Gasteiger partial charge in [0.05, 0.1) is 10.6 Å². The number of carboxylic acid groups (broad SMARTS) is 1. The molecule has 0 radical (unpaired) electrons. The molecule has 0 fully saturated rings. The number of carbonyl (C=O) groups is 1. The van der Waals surface area contributed by atoms with Gasteiger partial charge in [-0.15, -0.1) is 0 Å². The molecule has 150 valence electrons. The molecule has 1 N–H and O–H groups in total. The average molecular weight is 415 g/mol. The molecule has 0 bridgehead atoms. The normalized spacial score (nSPS) is 18.2. The van der Waals surface area contributed by atoms with Gasteiger partial charge in [-0.25, -0.2) is 9.18 Å². The molecule has 4 nitrogen and oxygen atoms in total. The first kappa shape index (κ1) is 20.4.